The van der Waals surface area contributed by atoms with Crippen molar-refractivity contribution in [2.45, 2.75) is 45.8 Å². The summed E-state index contributed by atoms with van der Waals surface area (Å²) >= 11 is 0. The maximum Gasteiger partial charge on any atom is 1.00 e. The molecule has 1 heterocycles. The minimum Gasteiger partial charge on any atom is -0.444 e. The molecule has 1 fully saturated rings. The van der Waals surface area contributed by atoms with E-state index in [2.05, 4.69) is 6.92 Å². The van der Waals surface area contributed by atoms with Gasteiger partial charge in [-0.1, -0.05) is 6.92 Å². The van der Waals surface area contributed by atoms with Crippen LogP contribution in [0.4, 0.5) is 4.79 Å². The molecule has 4 heteroatoms. The van der Waals surface area contributed by atoms with Gasteiger partial charge < -0.3 is 15.4 Å². The van der Waals surface area contributed by atoms with Crippen molar-refractivity contribution < 1.29 is 11.0 Å². The Morgan fingerprint density at radius 3 is 2.60 bits per heavy atom. The number of carbonyl (C=O) groups excluding carboxylic acids is 1. The number of rotatable bonds is 0. The zero-order valence-electron chi connectivity index (χ0n) is 11.1. The largest absolute Gasteiger partial charge is 1.00 e. The number of hydrogen-bond acceptors (Lipinski definition) is 3. The van der Waals surface area contributed by atoms with Crippen molar-refractivity contribution >= 4 is 6.09 Å². The fourth-order valence-electron chi connectivity index (χ4n) is 1.66. The van der Waals surface area contributed by atoms with E-state index in [1.165, 1.54) is 0 Å². The van der Waals surface area contributed by atoms with Gasteiger partial charge >= 0.3 is 7.52 Å². The van der Waals surface area contributed by atoms with Gasteiger partial charge in [0.25, 0.3) is 0 Å². The highest BCUT2D eigenvalue weighted by Gasteiger charge is 2.29. The number of amides is 1. The zero-order chi connectivity index (χ0) is 11.6. The Balaban J connectivity index is 0.00000225. The number of carbonyl (C=O) groups is 1. The molecule has 0 spiro atoms. The summed E-state index contributed by atoms with van der Waals surface area (Å²) in [5, 5.41) is 0. The van der Waals surface area contributed by atoms with E-state index >= 15 is 0 Å². The molecule has 0 aromatic heterocycles. The van der Waals surface area contributed by atoms with Crippen molar-refractivity contribution in [1.29, 1.82) is 0 Å². The number of ether oxygens (including phenoxy) is 1. The summed E-state index contributed by atoms with van der Waals surface area (Å²) in [7, 11) is 0. The molecule has 1 aliphatic rings. The fourth-order valence-corrected chi connectivity index (χ4v) is 1.66. The van der Waals surface area contributed by atoms with Crippen molar-refractivity contribution in [3.63, 3.8) is 0 Å². The first-order valence-electron chi connectivity index (χ1n) is 5.53. The topological polar surface area (TPSA) is 55.6 Å². The van der Waals surface area contributed by atoms with Crippen molar-refractivity contribution in [2.75, 3.05) is 13.1 Å². The van der Waals surface area contributed by atoms with Crippen molar-refractivity contribution in [3.05, 3.63) is 0 Å². The Labute approximate surface area is 93.2 Å². The van der Waals surface area contributed by atoms with Gasteiger partial charge in [0.05, 0.1) is 0 Å². The molecule has 2 N–H and O–H groups in total. The van der Waals surface area contributed by atoms with Crippen LogP contribution in [0.3, 0.4) is 0 Å². The van der Waals surface area contributed by atoms with Crippen molar-refractivity contribution in [3.8, 4) is 0 Å². The predicted octanol–water partition coefficient (Wildman–Crippen LogP) is 1.70. The van der Waals surface area contributed by atoms with Crippen LogP contribution in [0.25, 0.3) is 0 Å². The summed E-state index contributed by atoms with van der Waals surface area (Å²) in [6, 6.07) is 0.212. The minimum absolute atomic E-state index is 0. The van der Waals surface area contributed by atoms with Gasteiger partial charge in [0.2, 0.25) is 0 Å². The average molecular weight is 215 g/mol. The molecule has 0 radical (unpaired) electrons. The van der Waals surface area contributed by atoms with Gasteiger partial charge in [0.15, 0.2) is 0 Å². The van der Waals surface area contributed by atoms with E-state index in [0.717, 1.165) is 6.42 Å². The first-order chi connectivity index (χ1) is 6.79. The van der Waals surface area contributed by atoms with E-state index in [-0.39, 0.29) is 13.6 Å². The SMILES string of the molecule is CC1CN(C(=O)OC(C)(C)C)CCC1N.[H+]. The van der Waals surface area contributed by atoms with Crippen LogP contribution in [0.1, 0.15) is 35.5 Å². The second-order valence-electron chi connectivity index (χ2n) is 5.36. The van der Waals surface area contributed by atoms with E-state index in [9.17, 15) is 4.79 Å². The van der Waals surface area contributed by atoms with E-state index in [1.54, 1.807) is 4.90 Å². The molecule has 0 aliphatic carbocycles. The fraction of sp³-hybridized carbons (Fsp3) is 0.909. The molecule has 2 unspecified atom stereocenters. The quantitative estimate of drug-likeness (QED) is 0.669. The molecule has 2 atom stereocenters. The molecule has 4 nitrogen and oxygen atoms in total. The summed E-state index contributed by atoms with van der Waals surface area (Å²) in [6.45, 7) is 9.12. The van der Waals surface area contributed by atoms with E-state index < -0.39 is 5.60 Å². The Hall–Kier alpha value is -0.770. The highest BCUT2D eigenvalue weighted by Crippen LogP contribution is 2.17. The maximum absolute atomic E-state index is 11.7. The van der Waals surface area contributed by atoms with Gasteiger partial charge in [0, 0.05) is 19.1 Å². The van der Waals surface area contributed by atoms with E-state index in [4.69, 9.17) is 10.5 Å². The Morgan fingerprint density at radius 2 is 2.13 bits per heavy atom. The summed E-state index contributed by atoms with van der Waals surface area (Å²) in [5.74, 6) is 0.353. The normalized spacial score (nSPS) is 27.7. The number of nitrogens with two attached hydrogens (primary N) is 1. The van der Waals surface area contributed by atoms with Crippen LogP contribution in [-0.2, 0) is 4.74 Å². The van der Waals surface area contributed by atoms with Crippen LogP contribution in [0, 0.1) is 5.92 Å². The lowest BCUT2D eigenvalue weighted by Crippen LogP contribution is -2.49. The van der Waals surface area contributed by atoms with Gasteiger partial charge in [-0.05, 0) is 33.1 Å². The third kappa shape index (κ3) is 3.70. The standard InChI is InChI=1S/C11H22N2O2/c1-8-7-13(6-5-9(8)12)10(14)15-11(2,3)4/h8-9H,5-7,12H2,1-4H3/p+1. The first-order valence-corrected chi connectivity index (χ1v) is 5.53. The van der Waals surface area contributed by atoms with Gasteiger partial charge in [-0.25, -0.2) is 4.79 Å². The van der Waals surface area contributed by atoms with Crippen LogP contribution >= 0.6 is 0 Å². The van der Waals surface area contributed by atoms with E-state index in [1.807, 2.05) is 20.8 Å². The van der Waals surface area contributed by atoms with Crippen LogP contribution in [0.2, 0.25) is 0 Å². The average Bonchev–Trinajstić information content (AvgIpc) is 2.06. The molecular formula is C11H23N2O2+. The molecule has 0 bridgehead atoms. The summed E-state index contributed by atoms with van der Waals surface area (Å²) in [5.41, 5.74) is 5.47. The van der Waals surface area contributed by atoms with Crippen LogP contribution in [0.15, 0.2) is 0 Å². The minimum atomic E-state index is -0.417. The zero-order valence-corrected chi connectivity index (χ0v) is 10.1. The van der Waals surface area contributed by atoms with Gasteiger partial charge in [-0.3, -0.25) is 0 Å². The molecular weight excluding hydrogens is 192 g/mol. The Kier molecular flexibility index (Phi) is 3.60. The highest BCUT2D eigenvalue weighted by molar-refractivity contribution is 5.68. The molecule has 0 aromatic rings. The molecule has 0 saturated carbocycles. The lowest BCUT2D eigenvalue weighted by atomic mass is 9.95. The van der Waals surface area contributed by atoms with Crippen LogP contribution < -0.4 is 5.73 Å². The monoisotopic (exact) mass is 215 g/mol. The van der Waals surface area contributed by atoms with Gasteiger partial charge in [0.1, 0.15) is 5.60 Å². The number of likely N-dealkylation sites (tertiary alicyclic amines) is 1. The molecule has 1 saturated heterocycles. The Bertz CT molecular complexity index is 241. The first kappa shape index (κ1) is 12.3. The smallest absolute Gasteiger partial charge is 0.444 e. The summed E-state index contributed by atoms with van der Waals surface area (Å²) < 4.78 is 5.31. The van der Waals surface area contributed by atoms with E-state index in [0.29, 0.717) is 19.0 Å². The second-order valence-corrected chi connectivity index (χ2v) is 5.36. The molecule has 1 rings (SSSR count). The molecule has 1 aliphatic heterocycles. The predicted molar refractivity (Wildman–Crippen MR) is 60.7 cm³/mol. The Morgan fingerprint density at radius 1 is 1.53 bits per heavy atom. The molecule has 15 heavy (non-hydrogen) atoms. The lowest BCUT2D eigenvalue weighted by Gasteiger charge is -2.35. The van der Waals surface area contributed by atoms with Crippen LogP contribution in [0.5, 0.6) is 0 Å². The third-order valence-electron chi connectivity index (χ3n) is 2.62. The number of hydrogen-bond donors (Lipinski definition) is 1. The van der Waals surface area contributed by atoms with Crippen LogP contribution in [-0.4, -0.2) is 35.7 Å². The summed E-state index contributed by atoms with van der Waals surface area (Å²) in [6.07, 6.45) is 0.640. The number of nitrogens with zero attached hydrogens (tertiary/aromatic N) is 1. The molecule has 1 amide bonds. The van der Waals surface area contributed by atoms with Gasteiger partial charge in [-0.15, -0.1) is 0 Å². The highest BCUT2D eigenvalue weighted by atomic mass is 16.6. The van der Waals surface area contributed by atoms with Crippen molar-refractivity contribution in [2.24, 2.45) is 11.7 Å². The third-order valence-corrected chi connectivity index (χ3v) is 2.62. The van der Waals surface area contributed by atoms with Gasteiger partial charge in [-0.2, -0.15) is 0 Å². The summed E-state index contributed by atoms with van der Waals surface area (Å²) in [4.78, 5) is 13.5. The molecule has 88 valence electrons. The van der Waals surface area contributed by atoms with Crippen molar-refractivity contribution in [1.82, 2.24) is 4.90 Å². The lowest BCUT2D eigenvalue weighted by molar-refractivity contribution is 0.0158. The second kappa shape index (κ2) is 4.39. The maximum atomic E-state index is 11.7. The molecule has 0 aromatic carbocycles. The number of piperidine rings is 1.